The molecule has 1 saturated heterocycles. The Morgan fingerprint density at radius 2 is 1.74 bits per heavy atom. The lowest BCUT2D eigenvalue weighted by atomic mass is 9.84. The first-order chi connectivity index (χ1) is 16.5. The van der Waals surface area contributed by atoms with E-state index in [9.17, 15) is 14.4 Å². The molecule has 1 fully saturated rings. The number of fused-ring (bicyclic) bond motifs is 1. The molecule has 0 unspecified atom stereocenters. The molecule has 1 aliphatic heterocycles. The van der Waals surface area contributed by atoms with Crippen molar-refractivity contribution in [2.24, 2.45) is 0 Å². The number of amides is 2. The second-order valence-corrected chi connectivity index (χ2v) is 9.02. The molecule has 1 aliphatic rings. The van der Waals surface area contributed by atoms with Gasteiger partial charge >= 0.3 is 5.97 Å². The molecule has 6 nitrogen and oxygen atoms in total. The van der Waals surface area contributed by atoms with Gasteiger partial charge in [-0.05, 0) is 41.2 Å². The van der Waals surface area contributed by atoms with Crippen LogP contribution in [-0.2, 0) is 32.0 Å². The lowest BCUT2D eigenvalue weighted by Gasteiger charge is -2.30. The molecule has 1 heterocycles. The molecular formula is C28H30N2O4. The second-order valence-electron chi connectivity index (χ2n) is 9.02. The van der Waals surface area contributed by atoms with Crippen LogP contribution in [0.25, 0.3) is 10.8 Å². The number of carbonyl (C=O) groups is 3. The Kier molecular flexibility index (Phi) is 7.26. The maximum Gasteiger partial charge on any atom is 0.328 e. The summed E-state index contributed by atoms with van der Waals surface area (Å²) in [4.78, 5) is 37.3. The lowest BCUT2D eigenvalue weighted by Crippen LogP contribution is -2.46. The summed E-state index contributed by atoms with van der Waals surface area (Å²) in [5.41, 5.74) is 1.59. The monoisotopic (exact) mass is 458 g/mol. The van der Waals surface area contributed by atoms with Crippen molar-refractivity contribution in [3.05, 3.63) is 83.9 Å². The normalized spacial score (nSPS) is 18.3. The van der Waals surface area contributed by atoms with Crippen LogP contribution < -0.4 is 10.6 Å². The third-order valence-corrected chi connectivity index (χ3v) is 6.53. The molecular weight excluding hydrogens is 428 g/mol. The van der Waals surface area contributed by atoms with Gasteiger partial charge in [0.15, 0.2) is 0 Å². The maximum absolute atomic E-state index is 12.8. The van der Waals surface area contributed by atoms with Gasteiger partial charge in [-0.25, -0.2) is 4.79 Å². The highest BCUT2D eigenvalue weighted by molar-refractivity contribution is 5.85. The third-order valence-electron chi connectivity index (χ3n) is 6.53. The molecule has 0 aromatic heterocycles. The van der Waals surface area contributed by atoms with Crippen LogP contribution in [0.5, 0.6) is 0 Å². The van der Waals surface area contributed by atoms with Gasteiger partial charge in [0.05, 0.1) is 7.11 Å². The Morgan fingerprint density at radius 3 is 2.44 bits per heavy atom. The number of rotatable bonds is 9. The minimum atomic E-state index is -0.755. The average molecular weight is 459 g/mol. The molecule has 4 rings (SSSR count). The van der Waals surface area contributed by atoms with Gasteiger partial charge in [-0.1, -0.05) is 72.8 Å². The smallest absolute Gasteiger partial charge is 0.328 e. The Hall–Kier alpha value is -3.67. The molecule has 6 heteroatoms. The van der Waals surface area contributed by atoms with Crippen molar-refractivity contribution < 1.29 is 19.1 Å². The average Bonchev–Trinajstić information content (AvgIpc) is 3.22. The van der Waals surface area contributed by atoms with E-state index in [4.69, 9.17) is 4.74 Å². The highest BCUT2D eigenvalue weighted by atomic mass is 16.5. The van der Waals surface area contributed by atoms with Gasteiger partial charge in [0.25, 0.3) is 0 Å². The van der Waals surface area contributed by atoms with Crippen molar-refractivity contribution in [2.75, 3.05) is 7.11 Å². The molecule has 0 spiro atoms. The summed E-state index contributed by atoms with van der Waals surface area (Å²) in [6.07, 6.45) is 2.84. The van der Waals surface area contributed by atoms with Crippen LogP contribution >= 0.6 is 0 Å². The molecule has 2 amide bonds. The molecule has 3 aromatic rings. The van der Waals surface area contributed by atoms with Crippen LogP contribution in [0, 0.1) is 0 Å². The Morgan fingerprint density at radius 1 is 1.00 bits per heavy atom. The number of nitrogens with one attached hydrogen (secondary N) is 2. The van der Waals surface area contributed by atoms with Crippen molar-refractivity contribution in [1.82, 2.24) is 10.6 Å². The molecule has 0 saturated carbocycles. The SMILES string of the molecule is COC(=O)[C@H](Cc1ccccc1)NC(=O)CC[C@]1(Cc2ccc3ccccc3c2)CCC(=O)N1. The first kappa shape index (κ1) is 23.5. The lowest BCUT2D eigenvalue weighted by molar-refractivity contribution is -0.145. The van der Waals surface area contributed by atoms with Gasteiger partial charge in [-0.15, -0.1) is 0 Å². The first-order valence-electron chi connectivity index (χ1n) is 11.7. The van der Waals surface area contributed by atoms with Gasteiger partial charge in [0.1, 0.15) is 6.04 Å². The molecule has 34 heavy (non-hydrogen) atoms. The second kappa shape index (κ2) is 10.5. The van der Waals surface area contributed by atoms with E-state index in [0.29, 0.717) is 32.1 Å². The zero-order valence-corrected chi connectivity index (χ0v) is 19.4. The van der Waals surface area contributed by atoms with Crippen molar-refractivity contribution >= 4 is 28.6 Å². The number of methoxy groups -OCH3 is 1. The van der Waals surface area contributed by atoms with Gasteiger partial charge in [-0.2, -0.15) is 0 Å². The number of ether oxygens (including phenoxy) is 1. The van der Waals surface area contributed by atoms with Gasteiger partial charge in [0, 0.05) is 24.8 Å². The minimum absolute atomic E-state index is 0.0118. The summed E-state index contributed by atoms with van der Waals surface area (Å²) < 4.78 is 4.90. The molecule has 0 bridgehead atoms. The fourth-order valence-corrected chi connectivity index (χ4v) is 4.73. The number of benzene rings is 3. The zero-order chi connectivity index (χ0) is 24.0. The quantitative estimate of drug-likeness (QED) is 0.479. The Bertz CT molecular complexity index is 1180. The topological polar surface area (TPSA) is 84.5 Å². The van der Waals surface area contributed by atoms with Crippen LogP contribution in [0.15, 0.2) is 72.8 Å². The van der Waals surface area contributed by atoms with Crippen molar-refractivity contribution in [3.8, 4) is 0 Å². The van der Waals surface area contributed by atoms with Crippen molar-refractivity contribution in [1.29, 1.82) is 0 Å². The van der Waals surface area contributed by atoms with Gasteiger partial charge < -0.3 is 15.4 Å². The zero-order valence-electron chi connectivity index (χ0n) is 19.4. The van der Waals surface area contributed by atoms with Crippen molar-refractivity contribution in [3.63, 3.8) is 0 Å². The van der Waals surface area contributed by atoms with Crippen LogP contribution in [0.3, 0.4) is 0 Å². The van der Waals surface area contributed by atoms with Crippen LogP contribution in [0.2, 0.25) is 0 Å². The number of carbonyl (C=O) groups excluding carboxylic acids is 3. The molecule has 0 radical (unpaired) electrons. The van der Waals surface area contributed by atoms with Crippen molar-refractivity contribution in [2.45, 2.75) is 50.1 Å². The molecule has 176 valence electrons. The largest absolute Gasteiger partial charge is 0.467 e. The van der Waals surface area contributed by atoms with Gasteiger partial charge in [-0.3, -0.25) is 9.59 Å². The maximum atomic E-state index is 12.8. The third kappa shape index (κ3) is 5.81. The number of hydrogen-bond donors (Lipinski definition) is 2. The van der Waals surface area contributed by atoms with E-state index in [2.05, 4.69) is 41.0 Å². The van der Waals surface area contributed by atoms with E-state index in [1.807, 2.05) is 42.5 Å². The summed E-state index contributed by atoms with van der Waals surface area (Å²) in [6, 6.07) is 23.3. The molecule has 2 atom stereocenters. The standard InChI is InChI=1S/C28H30N2O4/c1-34-27(33)24(18-20-7-3-2-4-8-20)29-25(31)13-15-28(16-14-26(32)30-28)19-21-11-12-22-9-5-6-10-23(22)17-21/h2-12,17,24H,13-16,18-19H2,1H3,(H,29,31)(H,30,32)/t24-,28+/m0/s1. The van der Waals surface area contributed by atoms with E-state index in [-0.39, 0.29) is 18.2 Å². The predicted octanol–water partition coefficient (Wildman–Crippen LogP) is 3.71. The van der Waals surface area contributed by atoms with Crippen LogP contribution in [0.1, 0.15) is 36.8 Å². The summed E-state index contributed by atoms with van der Waals surface area (Å²) in [7, 11) is 1.32. The number of hydrogen-bond acceptors (Lipinski definition) is 4. The van der Waals surface area contributed by atoms with E-state index < -0.39 is 17.6 Å². The molecule has 0 aliphatic carbocycles. The van der Waals surface area contributed by atoms with E-state index in [0.717, 1.165) is 16.5 Å². The Balaban J connectivity index is 1.43. The molecule has 2 N–H and O–H groups in total. The summed E-state index contributed by atoms with van der Waals surface area (Å²) in [6.45, 7) is 0. The summed E-state index contributed by atoms with van der Waals surface area (Å²) >= 11 is 0. The van der Waals surface area contributed by atoms with E-state index in [1.165, 1.54) is 12.5 Å². The van der Waals surface area contributed by atoms with E-state index in [1.54, 1.807) is 0 Å². The highest BCUT2D eigenvalue weighted by Gasteiger charge is 2.38. The fourth-order valence-electron chi connectivity index (χ4n) is 4.73. The van der Waals surface area contributed by atoms with E-state index >= 15 is 0 Å². The van der Waals surface area contributed by atoms with Gasteiger partial charge in [0.2, 0.25) is 11.8 Å². The predicted molar refractivity (Wildman–Crippen MR) is 131 cm³/mol. The number of esters is 1. The summed E-state index contributed by atoms with van der Waals surface area (Å²) in [5.74, 6) is -0.694. The fraction of sp³-hybridized carbons (Fsp3) is 0.321. The Labute approximate surface area is 199 Å². The highest BCUT2D eigenvalue weighted by Crippen LogP contribution is 2.30. The minimum Gasteiger partial charge on any atom is -0.467 e. The van der Waals surface area contributed by atoms with Crippen LogP contribution in [-0.4, -0.2) is 36.5 Å². The molecule has 3 aromatic carbocycles. The first-order valence-corrected chi connectivity index (χ1v) is 11.7. The summed E-state index contributed by atoms with van der Waals surface area (Å²) in [5, 5.41) is 8.29. The van der Waals surface area contributed by atoms with Crippen LogP contribution in [0.4, 0.5) is 0 Å².